The molecule has 130 valence electrons. The number of ketones is 1. The zero-order valence-corrected chi connectivity index (χ0v) is 14.8. The zero-order chi connectivity index (χ0) is 17.7. The highest BCUT2D eigenvalue weighted by Crippen LogP contribution is 2.14. The molecule has 24 heavy (non-hydrogen) atoms. The molecule has 1 fully saturated rings. The topological polar surface area (TPSA) is 57.7 Å². The van der Waals surface area contributed by atoms with Gasteiger partial charge in [0.15, 0.2) is 0 Å². The van der Waals surface area contributed by atoms with E-state index in [9.17, 15) is 14.4 Å². The number of carbonyl (C=O) groups is 3. The van der Waals surface area contributed by atoms with Crippen molar-refractivity contribution in [1.29, 1.82) is 0 Å². The van der Waals surface area contributed by atoms with Gasteiger partial charge in [-0.25, -0.2) is 0 Å². The predicted octanol–water partition coefficient (Wildman–Crippen LogP) is 2.35. The molecule has 1 aromatic carbocycles. The molecule has 5 heteroatoms. The minimum Gasteiger partial charge on any atom is -0.341 e. The van der Waals surface area contributed by atoms with Crippen LogP contribution in [0, 0.1) is 13.8 Å². The second-order valence-electron chi connectivity index (χ2n) is 6.53. The molecule has 0 saturated carbocycles. The summed E-state index contributed by atoms with van der Waals surface area (Å²) in [6, 6.07) is 5.77. The number of rotatable bonds is 4. The van der Waals surface area contributed by atoms with Crippen molar-refractivity contribution in [3.63, 3.8) is 0 Å². The Hall–Kier alpha value is -2.17. The third kappa shape index (κ3) is 4.66. The quantitative estimate of drug-likeness (QED) is 0.851. The Kier molecular flexibility index (Phi) is 6.12. The molecule has 2 rings (SSSR count). The first-order chi connectivity index (χ1) is 11.4. The van der Waals surface area contributed by atoms with Crippen LogP contribution >= 0.6 is 0 Å². The maximum absolute atomic E-state index is 12.7. The van der Waals surface area contributed by atoms with Gasteiger partial charge in [-0.15, -0.1) is 0 Å². The minimum absolute atomic E-state index is 0.00526. The van der Waals surface area contributed by atoms with Gasteiger partial charge in [0.05, 0.1) is 0 Å². The molecule has 1 aromatic rings. The summed E-state index contributed by atoms with van der Waals surface area (Å²) < 4.78 is 0. The molecule has 5 nitrogen and oxygen atoms in total. The molecule has 0 unspecified atom stereocenters. The van der Waals surface area contributed by atoms with Gasteiger partial charge < -0.3 is 14.6 Å². The average molecular weight is 330 g/mol. The van der Waals surface area contributed by atoms with Crippen molar-refractivity contribution in [3.05, 3.63) is 34.9 Å². The summed E-state index contributed by atoms with van der Waals surface area (Å²) in [6.07, 6.45) is 1.32. The minimum atomic E-state index is 0.00526. The van der Waals surface area contributed by atoms with E-state index in [2.05, 4.69) is 0 Å². The van der Waals surface area contributed by atoms with Crippen LogP contribution in [0.2, 0.25) is 0 Å². The number of hydrogen-bond acceptors (Lipinski definition) is 3. The fraction of sp³-hybridized carbons (Fsp3) is 0.526. The van der Waals surface area contributed by atoms with E-state index in [-0.39, 0.29) is 24.0 Å². The lowest BCUT2D eigenvalue weighted by Crippen LogP contribution is -2.37. The van der Waals surface area contributed by atoms with E-state index < -0.39 is 0 Å². The van der Waals surface area contributed by atoms with E-state index >= 15 is 0 Å². The maximum Gasteiger partial charge on any atom is 0.253 e. The van der Waals surface area contributed by atoms with Crippen molar-refractivity contribution in [2.75, 3.05) is 26.2 Å². The van der Waals surface area contributed by atoms with Gasteiger partial charge in [-0.2, -0.15) is 0 Å². The first-order valence-corrected chi connectivity index (χ1v) is 8.52. The van der Waals surface area contributed by atoms with Gasteiger partial charge in [-0.1, -0.05) is 6.07 Å². The van der Waals surface area contributed by atoms with Crippen LogP contribution in [0.1, 0.15) is 47.7 Å². The van der Waals surface area contributed by atoms with Crippen LogP contribution in [0.4, 0.5) is 0 Å². The van der Waals surface area contributed by atoms with Crippen LogP contribution in [0.5, 0.6) is 0 Å². The predicted molar refractivity (Wildman–Crippen MR) is 92.9 cm³/mol. The molecule has 1 saturated heterocycles. The first kappa shape index (κ1) is 18.2. The largest absolute Gasteiger partial charge is 0.341 e. The highest BCUT2D eigenvalue weighted by atomic mass is 16.2. The molecule has 0 aliphatic carbocycles. The summed E-state index contributed by atoms with van der Waals surface area (Å²) in [5, 5.41) is 0. The average Bonchev–Trinajstić information content (AvgIpc) is 2.80. The third-order valence-corrected chi connectivity index (χ3v) is 4.58. The standard InChI is InChI=1S/C19H26N2O3/c1-14-5-7-17(13-15(14)2)19(24)21-10-4-9-20(11-12-21)18(23)8-6-16(3)22/h5,7,13H,4,6,8-12H2,1-3H3. The van der Waals surface area contributed by atoms with E-state index in [1.165, 1.54) is 12.5 Å². The van der Waals surface area contributed by atoms with E-state index in [4.69, 9.17) is 0 Å². The number of amides is 2. The van der Waals surface area contributed by atoms with Gasteiger partial charge in [0.2, 0.25) is 5.91 Å². The van der Waals surface area contributed by atoms with Gasteiger partial charge in [0, 0.05) is 44.6 Å². The Bertz CT molecular complexity index is 639. The molecule has 1 heterocycles. The highest BCUT2D eigenvalue weighted by Gasteiger charge is 2.23. The number of benzene rings is 1. The van der Waals surface area contributed by atoms with Crippen molar-refractivity contribution in [2.45, 2.75) is 40.0 Å². The van der Waals surface area contributed by atoms with Crippen LogP contribution in [0.3, 0.4) is 0 Å². The second-order valence-corrected chi connectivity index (χ2v) is 6.53. The van der Waals surface area contributed by atoms with Crippen molar-refractivity contribution in [2.24, 2.45) is 0 Å². The molecule has 0 radical (unpaired) electrons. The molecular formula is C19H26N2O3. The number of hydrogen-bond donors (Lipinski definition) is 0. The van der Waals surface area contributed by atoms with Crippen molar-refractivity contribution in [3.8, 4) is 0 Å². The monoisotopic (exact) mass is 330 g/mol. The van der Waals surface area contributed by atoms with Crippen molar-refractivity contribution in [1.82, 2.24) is 9.80 Å². The lowest BCUT2D eigenvalue weighted by Gasteiger charge is -2.22. The van der Waals surface area contributed by atoms with Crippen LogP contribution in [0.15, 0.2) is 18.2 Å². The molecule has 1 aliphatic rings. The number of carbonyl (C=O) groups excluding carboxylic acids is 3. The Morgan fingerprint density at radius 2 is 1.58 bits per heavy atom. The summed E-state index contributed by atoms with van der Waals surface area (Å²) in [5.41, 5.74) is 2.98. The van der Waals surface area contributed by atoms with E-state index in [1.54, 1.807) is 4.90 Å². The van der Waals surface area contributed by atoms with Crippen LogP contribution in [-0.4, -0.2) is 53.6 Å². The summed E-state index contributed by atoms with van der Waals surface area (Å²) in [5.74, 6) is 0.0616. The zero-order valence-electron chi connectivity index (χ0n) is 14.8. The summed E-state index contributed by atoms with van der Waals surface area (Å²) in [6.45, 7) is 7.91. The van der Waals surface area contributed by atoms with E-state index in [0.717, 1.165) is 12.0 Å². The van der Waals surface area contributed by atoms with Crippen LogP contribution in [-0.2, 0) is 9.59 Å². The molecule has 0 spiro atoms. The maximum atomic E-state index is 12.7. The van der Waals surface area contributed by atoms with Crippen molar-refractivity contribution >= 4 is 17.6 Å². The van der Waals surface area contributed by atoms with Gasteiger partial charge in [0.25, 0.3) is 5.91 Å². The molecule has 2 amide bonds. The summed E-state index contributed by atoms with van der Waals surface area (Å²) >= 11 is 0. The van der Waals surface area contributed by atoms with Crippen LogP contribution in [0.25, 0.3) is 0 Å². The second kappa shape index (κ2) is 8.08. The van der Waals surface area contributed by atoms with E-state index in [1.807, 2.05) is 36.9 Å². The molecule has 1 aliphatic heterocycles. The van der Waals surface area contributed by atoms with Gasteiger partial charge >= 0.3 is 0 Å². The fourth-order valence-electron chi connectivity index (χ4n) is 2.87. The Morgan fingerprint density at radius 3 is 2.25 bits per heavy atom. The Morgan fingerprint density at radius 1 is 0.917 bits per heavy atom. The SMILES string of the molecule is CC(=O)CCC(=O)N1CCCN(C(=O)c2ccc(C)c(C)c2)CC1. The van der Waals surface area contributed by atoms with Gasteiger partial charge in [0.1, 0.15) is 5.78 Å². The van der Waals surface area contributed by atoms with E-state index in [0.29, 0.717) is 38.2 Å². The fourth-order valence-corrected chi connectivity index (χ4v) is 2.87. The molecule has 0 aromatic heterocycles. The molecule has 0 atom stereocenters. The number of nitrogens with zero attached hydrogens (tertiary/aromatic N) is 2. The first-order valence-electron chi connectivity index (χ1n) is 8.52. The van der Waals surface area contributed by atoms with Crippen molar-refractivity contribution < 1.29 is 14.4 Å². The smallest absolute Gasteiger partial charge is 0.253 e. The summed E-state index contributed by atoms with van der Waals surface area (Å²) in [4.78, 5) is 39.5. The van der Waals surface area contributed by atoms with Gasteiger partial charge in [-0.05, 0) is 50.5 Å². The molecule has 0 N–H and O–H groups in total. The molecule has 0 bridgehead atoms. The highest BCUT2D eigenvalue weighted by molar-refractivity contribution is 5.94. The number of aryl methyl sites for hydroxylation is 2. The lowest BCUT2D eigenvalue weighted by atomic mass is 10.1. The molecular weight excluding hydrogens is 304 g/mol. The normalized spacial score (nSPS) is 15.1. The summed E-state index contributed by atoms with van der Waals surface area (Å²) in [7, 11) is 0. The van der Waals surface area contributed by atoms with Crippen LogP contribution < -0.4 is 0 Å². The lowest BCUT2D eigenvalue weighted by molar-refractivity contribution is -0.132. The third-order valence-electron chi connectivity index (χ3n) is 4.58. The Balaban J connectivity index is 1.97. The Labute approximate surface area is 143 Å². The number of Topliss-reactive ketones (excluding diaryl/α,β-unsaturated/α-hetero) is 1. The van der Waals surface area contributed by atoms with Gasteiger partial charge in [-0.3, -0.25) is 9.59 Å².